The number of benzene rings is 1. The van der Waals surface area contributed by atoms with Crippen LogP contribution in [0.3, 0.4) is 0 Å². The summed E-state index contributed by atoms with van der Waals surface area (Å²) < 4.78 is 14.1. The van der Waals surface area contributed by atoms with E-state index in [2.05, 4.69) is 23.8 Å². The number of hydrogen-bond acceptors (Lipinski definition) is 2. The average Bonchev–Trinajstić information content (AvgIpc) is 2.31. The molecule has 0 saturated carbocycles. The minimum Gasteiger partial charge on any atom is -0.347 e. The summed E-state index contributed by atoms with van der Waals surface area (Å²) in [4.78, 5) is 7.46. The van der Waals surface area contributed by atoms with E-state index in [0.29, 0.717) is 28.4 Å². The van der Waals surface area contributed by atoms with Crippen LogP contribution in [0.1, 0.15) is 36.8 Å². The van der Waals surface area contributed by atoms with E-state index in [0.717, 1.165) is 5.69 Å². The molecule has 0 amide bonds. The molecule has 0 atom stereocenters. The van der Waals surface area contributed by atoms with Gasteiger partial charge in [0.25, 0.3) is 0 Å². The standard InChI is InChI=1S/C14H15FN2S/c1-9(2)12-8-14(18)17-13(16-12)7-10-5-3-4-6-11(10)15/h3-6,8-9H,7H2,1-2H3,(H,16,17,18). The van der Waals surface area contributed by atoms with Crippen LogP contribution in [0.15, 0.2) is 30.3 Å². The molecule has 2 rings (SSSR count). The highest BCUT2D eigenvalue weighted by Crippen LogP contribution is 2.14. The summed E-state index contributed by atoms with van der Waals surface area (Å²) in [6.07, 6.45) is 0.427. The Hall–Kier alpha value is -1.55. The highest BCUT2D eigenvalue weighted by atomic mass is 32.1. The number of aromatic nitrogens is 2. The van der Waals surface area contributed by atoms with Crippen molar-refractivity contribution in [2.24, 2.45) is 0 Å². The molecule has 1 aromatic heterocycles. The van der Waals surface area contributed by atoms with Gasteiger partial charge in [0.05, 0.1) is 0 Å². The van der Waals surface area contributed by atoms with Gasteiger partial charge in [0, 0.05) is 12.1 Å². The fraction of sp³-hybridized carbons (Fsp3) is 0.286. The average molecular weight is 262 g/mol. The molecule has 18 heavy (non-hydrogen) atoms. The monoisotopic (exact) mass is 262 g/mol. The summed E-state index contributed by atoms with van der Waals surface area (Å²) in [5, 5.41) is 0. The number of nitrogens with one attached hydrogen (secondary N) is 1. The number of aromatic amines is 1. The molecule has 0 radical (unpaired) electrons. The predicted molar refractivity (Wildman–Crippen MR) is 72.7 cm³/mol. The summed E-state index contributed by atoms with van der Waals surface area (Å²) >= 11 is 5.13. The smallest absolute Gasteiger partial charge is 0.130 e. The van der Waals surface area contributed by atoms with Gasteiger partial charge in [-0.2, -0.15) is 0 Å². The van der Waals surface area contributed by atoms with Crippen molar-refractivity contribution in [3.8, 4) is 0 Å². The van der Waals surface area contributed by atoms with Crippen LogP contribution < -0.4 is 0 Å². The first-order valence-corrected chi connectivity index (χ1v) is 6.30. The molecular formula is C14H15FN2S. The number of nitrogens with zero attached hydrogens (tertiary/aromatic N) is 1. The van der Waals surface area contributed by atoms with Crippen molar-refractivity contribution in [1.82, 2.24) is 9.97 Å². The Morgan fingerprint density at radius 3 is 2.72 bits per heavy atom. The van der Waals surface area contributed by atoms with Crippen LogP contribution >= 0.6 is 12.2 Å². The Balaban J connectivity index is 2.35. The van der Waals surface area contributed by atoms with E-state index in [4.69, 9.17) is 12.2 Å². The van der Waals surface area contributed by atoms with Crippen LogP contribution in [0.25, 0.3) is 0 Å². The molecule has 2 nitrogen and oxygen atoms in total. The van der Waals surface area contributed by atoms with E-state index in [9.17, 15) is 4.39 Å². The second-order valence-corrected chi connectivity index (χ2v) is 4.96. The molecule has 0 aliphatic heterocycles. The van der Waals surface area contributed by atoms with Crippen molar-refractivity contribution in [1.29, 1.82) is 0 Å². The van der Waals surface area contributed by atoms with Gasteiger partial charge in [-0.05, 0) is 23.6 Å². The van der Waals surface area contributed by atoms with Crippen molar-refractivity contribution in [2.75, 3.05) is 0 Å². The van der Waals surface area contributed by atoms with Gasteiger partial charge >= 0.3 is 0 Å². The first kappa shape index (κ1) is 12.9. The van der Waals surface area contributed by atoms with Crippen molar-refractivity contribution in [3.05, 3.63) is 57.9 Å². The third kappa shape index (κ3) is 3.01. The molecule has 94 valence electrons. The summed E-state index contributed by atoms with van der Waals surface area (Å²) in [5.41, 5.74) is 1.65. The minimum absolute atomic E-state index is 0.214. The molecular weight excluding hydrogens is 247 g/mol. The fourth-order valence-electron chi connectivity index (χ4n) is 1.75. The summed E-state index contributed by atoms with van der Waals surface area (Å²) in [6.45, 7) is 4.15. The lowest BCUT2D eigenvalue weighted by molar-refractivity contribution is 0.611. The maximum Gasteiger partial charge on any atom is 0.130 e. The molecule has 1 heterocycles. The molecule has 2 aromatic rings. The molecule has 0 spiro atoms. The first-order valence-electron chi connectivity index (χ1n) is 5.90. The molecule has 0 aliphatic carbocycles. The topological polar surface area (TPSA) is 28.7 Å². The molecule has 0 bridgehead atoms. The van der Waals surface area contributed by atoms with Crippen LogP contribution in [-0.2, 0) is 6.42 Å². The third-order valence-electron chi connectivity index (χ3n) is 2.75. The second-order valence-electron chi connectivity index (χ2n) is 4.54. The zero-order chi connectivity index (χ0) is 13.1. The number of hydrogen-bond donors (Lipinski definition) is 1. The molecule has 0 unspecified atom stereocenters. The minimum atomic E-state index is -0.214. The zero-order valence-electron chi connectivity index (χ0n) is 10.4. The van der Waals surface area contributed by atoms with Crippen LogP contribution in [-0.4, -0.2) is 9.97 Å². The Bertz CT molecular complexity index is 605. The van der Waals surface area contributed by atoms with E-state index in [-0.39, 0.29) is 5.82 Å². The Morgan fingerprint density at radius 2 is 2.06 bits per heavy atom. The number of H-pyrrole nitrogens is 1. The Kier molecular flexibility index (Phi) is 3.87. The van der Waals surface area contributed by atoms with Crippen LogP contribution in [0.5, 0.6) is 0 Å². The molecule has 0 saturated heterocycles. The highest BCUT2D eigenvalue weighted by Gasteiger charge is 2.06. The lowest BCUT2D eigenvalue weighted by Crippen LogP contribution is -2.03. The Labute approximate surface area is 111 Å². The lowest BCUT2D eigenvalue weighted by Gasteiger charge is -2.09. The van der Waals surface area contributed by atoms with Gasteiger partial charge in [0.2, 0.25) is 0 Å². The Morgan fingerprint density at radius 1 is 1.33 bits per heavy atom. The van der Waals surface area contributed by atoms with Crippen molar-refractivity contribution >= 4 is 12.2 Å². The maximum atomic E-state index is 13.6. The maximum absolute atomic E-state index is 13.6. The van der Waals surface area contributed by atoms with Gasteiger partial charge < -0.3 is 4.98 Å². The fourth-order valence-corrected chi connectivity index (χ4v) is 1.98. The molecule has 1 N–H and O–H groups in total. The quantitative estimate of drug-likeness (QED) is 0.847. The number of halogens is 1. The van der Waals surface area contributed by atoms with Gasteiger partial charge in [-0.15, -0.1) is 0 Å². The van der Waals surface area contributed by atoms with Gasteiger partial charge in [0.1, 0.15) is 16.3 Å². The largest absolute Gasteiger partial charge is 0.347 e. The van der Waals surface area contributed by atoms with Gasteiger partial charge in [-0.25, -0.2) is 9.37 Å². The van der Waals surface area contributed by atoms with E-state index >= 15 is 0 Å². The van der Waals surface area contributed by atoms with E-state index < -0.39 is 0 Å². The van der Waals surface area contributed by atoms with Crippen LogP contribution in [0.4, 0.5) is 4.39 Å². The van der Waals surface area contributed by atoms with E-state index in [1.165, 1.54) is 6.07 Å². The van der Waals surface area contributed by atoms with Crippen molar-refractivity contribution in [3.63, 3.8) is 0 Å². The molecule has 1 aromatic carbocycles. The van der Waals surface area contributed by atoms with Crippen molar-refractivity contribution < 1.29 is 4.39 Å². The van der Waals surface area contributed by atoms with Crippen molar-refractivity contribution in [2.45, 2.75) is 26.2 Å². The highest BCUT2D eigenvalue weighted by molar-refractivity contribution is 7.71. The summed E-state index contributed by atoms with van der Waals surface area (Å²) in [5.74, 6) is 0.832. The second kappa shape index (κ2) is 5.40. The molecule has 0 fully saturated rings. The van der Waals surface area contributed by atoms with E-state index in [1.54, 1.807) is 12.1 Å². The first-order chi connectivity index (χ1) is 8.56. The normalized spacial score (nSPS) is 10.9. The van der Waals surface area contributed by atoms with Gasteiger partial charge in [-0.3, -0.25) is 0 Å². The SMILES string of the molecule is CC(C)c1cc(=S)nc(Cc2ccccc2F)[nH]1. The summed E-state index contributed by atoms with van der Waals surface area (Å²) in [6, 6.07) is 8.56. The van der Waals surface area contributed by atoms with Gasteiger partial charge in [0.15, 0.2) is 0 Å². The molecule has 4 heteroatoms. The molecule has 0 aliphatic rings. The zero-order valence-corrected chi connectivity index (χ0v) is 11.2. The van der Waals surface area contributed by atoms with Gasteiger partial charge in [-0.1, -0.05) is 44.3 Å². The van der Waals surface area contributed by atoms with E-state index in [1.807, 2.05) is 12.1 Å². The van der Waals surface area contributed by atoms with Crippen LogP contribution in [0, 0.1) is 10.5 Å². The number of rotatable bonds is 3. The lowest BCUT2D eigenvalue weighted by atomic mass is 10.1. The van der Waals surface area contributed by atoms with Crippen LogP contribution in [0.2, 0.25) is 0 Å². The predicted octanol–water partition coefficient (Wildman–Crippen LogP) is 3.99. The summed E-state index contributed by atoms with van der Waals surface area (Å²) in [7, 11) is 0. The third-order valence-corrected chi connectivity index (χ3v) is 2.96.